The maximum absolute atomic E-state index is 13.0. The molecule has 0 aliphatic rings. The Balaban J connectivity index is 1.59. The first-order valence-corrected chi connectivity index (χ1v) is 12.0. The Morgan fingerprint density at radius 2 is 1.91 bits per heavy atom. The van der Waals surface area contributed by atoms with E-state index in [0.717, 1.165) is 5.56 Å². The van der Waals surface area contributed by atoms with E-state index in [9.17, 15) is 22.4 Å². The molecule has 3 aromatic rings. The van der Waals surface area contributed by atoms with E-state index in [1.807, 2.05) is 23.6 Å². The molecule has 0 spiro atoms. The molecule has 0 fully saturated rings. The van der Waals surface area contributed by atoms with E-state index in [-0.39, 0.29) is 18.3 Å². The first-order chi connectivity index (χ1) is 16.7. The Kier molecular flexibility index (Phi) is 9.53. The highest BCUT2D eigenvalue weighted by Crippen LogP contribution is 2.26. The fraction of sp³-hybridized carbons (Fsp3) is 0.348. The van der Waals surface area contributed by atoms with Crippen LogP contribution < -0.4 is 5.32 Å². The molecule has 1 N–H and O–H groups in total. The minimum atomic E-state index is -4.20. The lowest BCUT2D eigenvalue weighted by Crippen LogP contribution is -2.32. The first kappa shape index (κ1) is 27.0. The van der Waals surface area contributed by atoms with Gasteiger partial charge in [0, 0.05) is 23.7 Å². The molecule has 1 heterocycles. The standard InChI is InChI=1S/C23H23ClF4N4O2S/c1-2-32-20(17-5-3-4-16(10-17)12-34-14-23(27,28)21(25)26)30-31-22(32)35-13-19(33)29-11-15-6-8-18(24)9-7-15/h3-10,21H,2,11-14H2,1H3,(H,29,33). The van der Waals surface area contributed by atoms with Gasteiger partial charge in [-0.25, -0.2) is 8.78 Å². The molecule has 2 aromatic carbocycles. The second kappa shape index (κ2) is 12.4. The molecule has 0 saturated carbocycles. The predicted octanol–water partition coefficient (Wildman–Crippen LogP) is 5.44. The highest BCUT2D eigenvalue weighted by Gasteiger charge is 2.40. The van der Waals surface area contributed by atoms with E-state index in [2.05, 4.69) is 15.5 Å². The average molecular weight is 531 g/mol. The van der Waals surface area contributed by atoms with Gasteiger partial charge in [-0.3, -0.25) is 4.79 Å². The van der Waals surface area contributed by atoms with Crippen molar-refractivity contribution in [2.45, 2.75) is 44.1 Å². The van der Waals surface area contributed by atoms with Crippen molar-refractivity contribution in [2.75, 3.05) is 12.4 Å². The van der Waals surface area contributed by atoms with Crippen LogP contribution in [0.1, 0.15) is 18.1 Å². The van der Waals surface area contributed by atoms with Crippen LogP contribution in [0.15, 0.2) is 53.7 Å². The fourth-order valence-corrected chi connectivity index (χ4v) is 4.00. The summed E-state index contributed by atoms with van der Waals surface area (Å²) in [5, 5.41) is 12.4. The van der Waals surface area contributed by atoms with Crippen molar-refractivity contribution in [1.82, 2.24) is 20.1 Å². The molecule has 188 valence electrons. The number of halogens is 5. The van der Waals surface area contributed by atoms with Gasteiger partial charge in [0.2, 0.25) is 5.91 Å². The summed E-state index contributed by atoms with van der Waals surface area (Å²) in [6, 6.07) is 13.9. The molecule has 0 radical (unpaired) electrons. The number of nitrogens with one attached hydrogen (secondary N) is 1. The van der Waals surface area contributed by atoms with Crippen molar-refractivity contribution in [2.24, 2.45) is 0 Å². The largest absolute Gasteiger partial charge is 0.370 e. The zero-order valence-electron chi connectivity index (χ0n) is 18.7. The Morgan fingerprint density at radius 1 is 1.17 bits per heavy atom. The number of ether oxygens (including phenoxy) is 1. The minimum Gasteiger partial charge on any atom is -0.370 e. The summed E-state index contributed by atoms with van der Waals surface area (Å²) in [6.45, 7) is 1.17. The molecule has 0 aliphatic carbocycles. The Labute approximate surface area is 209 Å². The van der Waals surface area contributed by atoms with Gasteiger partial charge < -0.3 is 14.6 Å². The van der Waals surface area contributed by atoms with E-state index in [1.165, 1.54) is 11.8 Å². The minimum absolute atomic E-state index is 0.137. The molecule has 0 unspecified atom stereocenters. The number of benzene rings is 2. The number of carbonyl (C=O) groups is 1. The first-order valence-electron chi connectivity index (χ1n) is 10.6. The second-order valence-electron chi connectivity index (χ2n) is 7.50. The lowest BCUT2D eigenvalue weighted by molar-refractivity contribution is -0.168. The molecule has 0 saturated heterocycles. The summed E-state index contributed by atoms with van der Waals surface area (Å²) in [4.78, 5) is 12.3. The summed E-state index contributed by atoms with van der Waals surface area (Å²) < 4.78 is 57.3. The normalized spacial score (nSPS) is 11.7. The van der Waals surface area contributed by atoms with Crippen molar-refractivity contribution < 1.29 is 27.1 Å². The number of aromatic nitrogens is 3. The van der Waals surface area contributed by atoms with Gasteiger partial charge in [-0.2, -0.15) is 8.78 Å². The number of hydrogen-bond donors (Lipinski definition) is 1. The number of amides is 1. The summed E-state index contributed by atoms with van der Waals surface area (Å²) in [5.74, 6) is -3.71. The molecule has 3 rings (SSSR count). The number of alkyl halides is 4. The van der Waals surface area contributed by atoms with Crippen LogP contribution in [0.3, 0.4) is 0 Å². The van der Waals surface area contributed by atoms with Crippen molar-refractivity contribution in [3.05, 3.63) is 64.7 Å². The van der Waals surface area contributed by atoms with Crippen molar-refractivity contribution in [3.8, 4) is 11.4 Å². The number of carbonyl (C=O) groups excluding carboxylic acids is 1. The molecule has 0 bridgehead atoms. The van der Waals surface area contributed by atoms with Crippen LogP contribution >= 0.6 is 23.4 Å². The average Bonchev–Trinajstić information content (AvgIpc) is 3.25. The molecule has 0 atom stereocenters. The van der Waals surface area contributed by atoms with E-state index in [0.29, 0.717) is 40.2 Å². The molecule has 35 heavy (non-hydrogen) atoms. The Morgan fingerprint density at radius 3 is 2.60 bits per heavy atom. The maximum atomic E-state index is 13.0. The fourth-order valence-electron chi connectivity index (χ4n) is 3.05. The van der Waals surface area contributed by atoms with E-state index >= 15 is 0 Å². The van der Waals surface area contributed by atoms with Crippen LogP contribution in [0.5, 0.6) is 0 Å². The Hall–Kier alpha value is -2.63. The topological polar surface area (TPSA) is 69.0 Å². The van der Waals surface area contributed by atoms with Gasteiger partial charge >= 0.3 is 12.3 Å². The van der Waals surface area contributed by atoms with Crippen LogP contribution in [0.2, 0.25) is 5.02 Å². The van der Waals surface area contributed by atoms with Gasteiger partial charge in [0.05, 0.1) is 12.4 Å². The SMILES string of the molecule is CCn1c(SCC(=O)NCc2ccc(Cl)cc2)nnc1-c1cccc(COCC(F)(F)C(F)F)c1. The Bertz CT molecular complexity index is 1130. The number of thioether (sulfide) groups is 1. The lowest BCUT2D eigenvalue weighted by atomic mass is 10.1. The molecular formula is C23H23ClF4N4O2S. The van der Waals surface area contributed by atoms with Gasteiger partial charge in [0.15, 0.2) is 11.0 Å². The monoisotopic (exact) mass is 530 g/mol. The van der Waals surface area contributed by atoms with Gasteiger partial charge in [0.1, 0.15) is 6.61 Å². The lowest BCUT2D eigenvalue weighted by Gasteiger charge is -2.15. The molecule has 12 heteroatoms. The van der Waals surface area contributed by atoms with Crippen LogP contribution in [-0.2, 0) is 29.2 Å². The third-order valence-corrected chi connectivity index (χ3v) is 6.05. The smallest absolute Gasteiger partial charge is 0.330 e. The third kappa shape index (κ3) is 7.68. The van der Waals surface area contributed by atoms with Crippen molar-refractivity contribution >= 4 is 29.3 Å². The van der Waals surface area contributed by atoms with Gasteiger partial charge in [-0.15, -0.1) is 10.2 Å². The summed E-state index contributed by atoms with van der Waals surface area (Å²) in [7, 11) is 0. The number of nitrogens with zero attached hydrogens (tertiary/aromatic N) is 3. The van der Waals surface area contributed by atoms with E-state index < -0.39 is 19.0 Å². The van der Waals surface area contributed by atoms with Crippen LogP contribution in [0, 0.1) is 0 Å². The van der Waals surface area contributed by atoms with Gasteiger partial charge in [0.25, 0.3) is 0 Å². The quantitative estimate of drug-likeness (QED) is 0.249. The van der Waals surface area contributed by atoms with Gasteiger partial charge in [-0.05, 0) is 36.2 Å². The van der Waals surface area contributed by atoms with Crippen molar-refractivity contribution in [3.63, 3.8) is 0 Å². The third-order valence-electron chi connectivity index (χ3n) is 4.84. The van der Waals surface area contributed by atoms with E-state index in [1.54, 1.807) is 36.4 Å². The maximum Gasteiger partial charge on any atom is 0.330 e. The zero-order chi connectivity index (χ0) is 25.4. The highest BCUT2D eigenvalue weighted by atomic mass is 35.5. The zero-order valence-corrected chi connectivity index (χ0v) is 20.3. The molecule has 1 aromatic heterocycles. The van der Waals surface area contributed by atoms with E-state index in [4.69, 9.17) is 16.3 Å². The summed E-state index contributed by atoms with van der Waals surface area (Å²) in [5.41, 5.74) is 2.10. The summed E-state index contributed by atoms with van der Waals surface area (Å²) >= 11 is 7.09. The highest BCUT2D eigenvalue weighted by molar-refractivity contribution is 7.99. The second-order valence-corrected chi connectivity index (χ2v) is 8.88. The predicted molar refractivity (Wildman–Crippen MR) is 126 cm³/mol. The number of hydrogen-bond acceptors (Lipinski definition) is 5. The molecule has 0 aliphatic heterocycles. The van der Waals surface area contributed by atoms with Gasteiger partial charge in [-0.1, -0.05) is 53.7 Å². The molecule has 1 amide bonds. The molecular weight excluding hydrogens is 508 g/mol. The molecule has 6 nitrogen and oxygen atoms in total. The van der Waals surface area contributed by atoms with Crippen LogP contribution in [-0.4, -0.2) is 45.4 Å². The van der Waals surface area contributed by atoms with Crippen molar-refractivity contribution in [1.29, 1.82) is 0 Å². The van der Waals surface area contributed by atoms with Crippen LogP contribution in [0.4, 0.5) is 17.6 Å². The van der Waals surface area contributed by atoms with Crippen LogP contribution in [0.25, 0.3) is 11.4 Å². The summed E-state index contributed by atoms with van der Waals surface area (Å²) in [6.07, 6.45) is -3.78. The number of rotatable bonds is 12.